The zero-order valence-electron chi connectivity index (χ0n) is 18.6. The molecule has 1 atom stereocenters. The lowest BCUT2D eigenvalue weighted by molar-refractivity contribution is -0.137. The van der Waals surface area contributed by atoms with Crippen molar-refractivity contribution in [3.8, 4) is 11.4 Å². The predicted octanol–water partition coefficient (Wildman–Crippen LogP) is 3.61. The van der Waals surface area contributed by atoms with Gasteiger partial charge in [0.2, 0.25) is 11.7 Å². The number of carbonyl (C=O) groups is 2. The molecule has 1 aliphatic rings. The van der Waals surface area contributed by atoms with E-state index in [1.807, 2.05) is 0 Å². The van der Waals surface area contributed by atoms with Crippen molar-refractivity contribution in [2.45, 2.75) is 25.6 Å². The number of aromatic nitrogens is 4. The molecular weight excluding hydrogens is 484 g/mol. The first-order valence-corrected chi connectivity index (χ1v) is 10.6. The molecule has 2 heterocycles. The van der Waals surface area contributed by atoms with Gasteiger partial charge >= 0.3 is 6.18 Å². The fourth-order valence-corrected chi connectivity index (χ4v) is 3.48. The third-order valence-electron chi connectivity index (χ3n) is 5.14. The lowest BCUT2D eigenvalue weighted by atomic mass is 10.00. The molecular formula is C23H18F4N6O3. The largest absolute Gasteiger partial charge is 0.416 e. The van der Waals surface area contributed by atoms with Crippen LogP contribution in [-0.2, 0) is 26.9 Å². The van der Waals surface area contributed by atoms with Crippen LogP contribution in [0.2, 0.25) is 0 Å². The van der Waals surface area contributed by atoms with E-state index in [0.29, 0.717) is 17.7 Å². The standard InChI is InChI=1S/C23H18F4N6O3/c1-2-36-19-8-15(11-28-22(19)35)12-3-4-13(18(24)7-12)9-20(34)29-17-6-14(21-30-32-33-31-21)5-16(10-17)23(25,26)27/h3-8,10-11,19H,2,9H2,1H3,(H,29,34)(H,30,31,32,33). The molecule has 0 saturated heterocycles. The molecule has 0 spiro atoms. The fourth-order valence-electron chi connectivity index (χ4n) is 3.48. The number of anilines is 1. The number of benzene rings is 2. The number of hydrogen-bond acceptors (Lipinski definition) is 6. The van der Waals surface area contributed by atoms with Gasteiger partial charge in [-0.05, 0) is 59.2 Å². The van der Waals surface area contributed by atoms with Gasteiger partial charge in [0, 0.05) is 24.1 Å². The topological polar surface area (TPSA) is 122 Å². The molecule has 0 fully saturated rings. The molecule has 0 saturated carbocycles. The van der Waals surface area contributed by atoms with E-state index in [-0.39, 0.29) is 22.6 Å². The average Bonchev–Trinajstić information content (AvgIpc) is 3.36. The second-order valence-corrected chi connectivity index (χ2v) is 7.66. The van der Waals surface area contributed by atoms with Crippen LogP contribution in [0.4, 0.5) is 23.2 Å². The molecule has 2 aromatic carbocycles. The van der Waals surface area contributed by atoms with E-state index in [2.05, 4.69) is 30.9 Å². The predicted molar refractivity (Wildman–Crippen MR) is 120 cm³/mol. The monoisotopic (exact) mass is 502 g/mol. The lowest BCUT2D eigenvalue weighted by Gasteiger charge is -2.15. The van der Waals surface area contributed by atoms with Crippen LogP contribution >= 0.6 is 0 Å². The van der Waals surface area contributed by atoms with Gasteiger partial charge < -0.3 is 10.1 Å². The van der Waals surface area contributed by atoms with Gasteiger partial charge in [-0.25, -0.2) is 9.38 Å². The number of dihydropyridines is 1. The van der Waals surface area contributed by atoms with Crippen molar-refractivity contribution < 1.29 is 31.9 Å². The van der Waals surface area contributed by atoms with Gasteiger partial charge in [-0.3, -0.25) is 9.59 Å². The zero-order valence-corrected chi connectivity index (χ0v) is 18.6. The van der Waals surface area contributed by atoms with Crippen molar-refractivity contribution in [2.75, 3.05) is 11.9 Å². The Hall–Kier alpha value is -4.26. The van der Waals surface area contributed by atoms with Crippen molar-refractivity contribution in [2.24, 2.45) is 4.99 Å². The highest BCUT2D eigenvalue weighted by atomic mass is 19.4. The number of aliphatic imine (C=N–C) groups is 1. The molecule has 3 aromatic rings. The Morgan fingerprint density at radius 2 is 1.97 bits per heavy atom. The summed E-state index contributed by atoms with van der Waals surface area (Å²) in [6, 6.07) is 6.93. The van der Waals surface area contributed by atoms with Crippen LogP contribution < -0.4 is 5.32 Å². The van der Waals surface area contributed by atoms with Gasteiger partial charge in [-0.2, -0.15) is 18.4 Å². The summed E-state index contributed by atoms with van der Waals surface area (Å²) >= 11 is 0. The summed E-state index contributed by atoms with van der Waals surface area (Å²) in [5, 5.41) is 15.1. The van der Waals surface area contributed by atoms with Gasteiger partial charge in [-0.1, -0.05) is 12.1 Å². The second-order valence-electron chi connectivity index (χ2n) is 7.66. The minimum absolute atomic E-state index is 0.0179. The molecule has 1 aromatic heterocycles. The molecule has 186 valence electrons. The Labute approximate surface area is 201 Å². The Morgan fingerprint density at radius 3 is 2.64 bits per heavy atom. The van der Waals surface area contributed by atoms with E-state index in [4.69, 9.17) is 4.74 Å². The highest BCUT2D eigenvalue weighted by molar-refractivity contribution is 6.17. The van der Waals surface area contributed by atoms with Crippen molar-refractivity contribution in [3.63, 3.8) is 0 Å². The lowest BCUT2D eigenvalue weighted by Crippen LogP contribution is -2.23. The van der Waals surface area contributed by atoms with Crippen molar-refractivity contribution in [1.29, 1.82) is 0 Å². The summed E-state index contributed by atoms with van der Waals surface area (Å²) in [4.78, 5) is 28.0. The maximum Gasteiger partial charge on any atom is 0.416 e. The van der Waals surface area contributed by atoms with E-state index < -0.39 is 41.9 Å². The first kappa shape index (κ1) is 24.9. The van der Waals surface area contributed by atoms with Crippen LogP contribution in [0.1, 0.15) is 23.6 Å². The molecule has 0 radical (unpaired) electrons. The summed E-state index contributed by atoms with van der Waals surface area (Å²) in [7, 11) is 0. The number of aromatic amines is 1. The van der Waals surface area contributed by atoms with E-state index >= 15 is 0 Å². The zero-order chi connectivity index (χ0) is 25.9. The molecule has 13 heteroatoms. The number of carbonyl (C=O) groups excluding carboxylic acids is 2. The molecule has 1 aliphatic heterocycles. The Morgan fingerprint density at radius 1 is 1.17 bits per heavy atom. The highest BCUT2D eigenvalue weighted by Crippen LogP contribution is 2.34. The van der Waals surface area contributed by atoms with Crippen LogP contribution in [0.25, 0.3) is 17.0 Å². The summed E-state index contributed by atoms with van der Waals surface area (Å²) in [5.74, 6) is -2.00. The molecule has 9 nitrogen and oxygen atoms in total. The van der Waals surface area contributed by atoms with Gasteiger partial charge in [0.15, 0.2) is 6.10 Å². The number of amides is 2. The number of tetrazole rings is 1. The normalized spacial score (nSPS) is 15.6. The molecule has 36 heavy (non-hydrogen) atoms. The molecule has 0 aliphatic carbocycles. The van der Waals surface area contributed by atoms with E-state index in [1.165, 1.54) is 30.5 Å². The minimum atomic E-state index is -4.69. The molecule has 2 N–H and O–H groups in total. The third-order valence-corrected chi connectivity index (χ3v) is 5.14. The van der Waals surface area contributed by atoms with E-state index in [0.717, 1.165) is 12.1 Å². The maximum absolute atomic E-state index is 14.8. The number of nitrogens with one attached hydrogen (secondary N) is 2. The van der Waals surface area contributed by atoms with Crippen LogP contribution in [0.3, 0.4) is 0 Å². The van der Waals surface area contributed by atoms with E-state index in [9.17, 15) is 27.2 Å². The molecule has 4 rings (SSSR count). The van der Waals surface area contributed by atoms with Gasteiger partial charge in [0.1, 0.15) is 5.82 Å². The fraction of sp³-hybridized carbons (Fsp3) is 0.217. The SMILES string of the molecule is CCOC1C=C(c2ccc(CC(=O)Nc3cc(-c4nn[nH]n4)cc(C(F)(F)F)c3)c(F)c2)C=NC1=O. The number of halogens is 4. The number of hydrogen-bond donors (Lipinski definition) is 2. The molecule has 2 amide bonds. The number of H-pyrrole nitrogens is 1. The van der Waals surface area contributed by atoms with Crippen LogP contribution in [-0.4, -0.2) is 51.4 Å². The van der Waals surface area contributed by atoms with Crippen LogP contribution in [0.15, 0.2) is 47.5 Å². The van der Waals surface area contributed by atoms with Gasteiger partial charge in [0.25, 0.3) is 5.91 Å². The summed E-state index contributed by atoms with van der Waals surface area (Å²) in [5.41, 5.74) is -0.298. The quantitative estimate of drug-likeness (QED) is 0.476. The average molecular weight is 502 g/mol. The summed E-state index contributed by atoms with van der Waals surface area (Å²) in [6.07, 6.45) is -3.17. The summed E-state index contributed by atoms with van der Waals surface area (Å²) in [6.45, 7) is 2.02. The van der Waals surface area contributed by atoms with Gasteiger partial charge in [-0.15, -0.1) is 10.2 Å². The molecule has 1 unspecified atom stereocenters. The first-order valence-electron chi connectivity index (χ1n) is 10.6. The number of alkyl halides is 3. The Balaban J connectivity index is 1.52. The minimum Gasteiger partial charge on any atom is -0.364 e. The van der Waals surface area contributed by atoms with Crippen molar-refractivity contribution in [3.05, 3.63) is 65.0 Å². The number of nitrogens with zero attached hydrogens (tertiary/aromatic N) is 4. The maximum atomic E-state index is 14.8. The number of ether oxygens (including phenoxy) is 1. The number of allylic oxidation sites excluding steroid dienone is 1. The number of rotatable bonds is 7. The van der Waals surface area contributed by atoms with Crippen molar-refractivity contribution in [1.82, 2.24) is 20.6 Å². The first-order chi connectivity index (χ1) is 17.1. The Bertz CT molecular complexity index is 1350. The third kappa shape index (κ3) is 5.68. The smallest absolute Gasteiger partial charge is 0.364 e. The van der Waals surface area contributed by atoms with Crippen LogP contribution in [0.5, 0.6) is 0 Å². The highest BCUT2D eigenvalue weighted by Gasteiger charge is 2.32. The van der Waals surface area contributed by atoms with Crippen LogP contribution in [0, 0.1) is 5.82 Å². The molecule has 0 bridgehead atoms. The van der Waals surface area contributed by atoms with Crippen molar-refractivity contribution >= 4 is 29.3 Å². The van der Waals surface area contributed by atoms with Gasteiger partial charge in [0.05, 0.1) is 12.0 Å². The second kappa shape index (κ2) is 10.2. The summed E-state index contributed by atoms with van der Waals surface area (Å²) < 4.78 is 60.1. The Kier molecular flexibility index (Phi) is 7.01. The van der Waals surface area contributed by atoms with E-state index in [1.54, 1.807) is 13.0 Å².